The molecule has 7 heteroatoms. The molecule has 0 aromatic heterocycles. The van der Waals surface area contributed by atoms with Gasteiger partial charge in [-0.2, -0.15) is 0 Å². The number of nitrogens with one attached hydrogen (secondary N) is 2. The van der Waals surface area contributed by atoms with E-state index in [4.69, 9.17) is 17.3 Å². The van der Waals surface area contributed by atoms with Crippen LogP contribution in [0.4, 0.5) is 0 Å². The highest BCUT2D eigenvalue weighted by atomic mass is 35.5. The van der Waals surface area contributed by atoms with Crippen molar-refractivity contribution < 1.29 is 14.4 Å². The highest BCUT2D eigenvalue weighted by molar-refractivity contribution is 6.33. The zero-order valence-electron chi connectivity index (χ0n) is 11.3. The lowest BCUT2D eigenvalue weighted by Gasteiger charge is -2.08. The lowest BCUT2D eigenvalue weighted by atomic mass is 10.1. The van der Waals surface area contributed by atoms with Gasteiger partial charge in [0.05, 0.1) is 10.6 Å². The van der Waals surface area contributed by atoms with E-state index in [0.717, 1.165) is 0 Å². The number of amides is 3. The van der Waals surface area contributed by atoms with Crippen LogP contribution in [0.25, 0.3) is 0 Å². The van der Waals surface area contributed by atoms with Crippen LogP contribution in [-0.4, -0.2) is 17.7 Å². The van der Waals surface area contributed by atoms with E-state index >= 15 is 0 Å². The minimum absolute atomic E-state index is 0.244. The molecule has 0 fully saturated rings. The van der Waals surface area contributed by atoms with E-state index in [-0.39, 0.29) is 21.7 Å². The molecule has 0 atom stereocenters. The molecule has 0 spiro atoms. The molecule has 2 rings (SSSR count). The molecule has 0 bridgehead atoms. The standard InChI is InChI=1S/C15H12ClN3O3/c16-12-4-2-1-3-11(12)15(22)19-18-14(21)10-7-5-9(6-8-10)13(17)20/h1-8H,(H2,17,20)(H,18,21)(H,19,22). The Bertz CT molecular complexity index is 729. The van der Waals surface area contributed by atoms with Gasteiger partial charge < -0.3 is 5.73 Å². The van der Waals surface area contributed by atoms with Crippen LogP contribution in [0.3, 0.4) is 0 Å². The first-order valence-corrected chi connectivity index (χ1v) is 6.62. The topological polar surface area (TPSA) is 101 Å². The van der Waals surface area contributed by atoms with Crippen LogP contribution in [-0.2, 0) is 0 Å². The van der Waals surface area contributed by atoms with Crippen molar-refractivity contribution in [3.05, 3.63) is 70.2 Å². The van der Waals surface area contributed by atoms with Crippen LogP contribution < -0.4 is 16.6 Å². The first-order valence-electron chi connectivity index (χ1n) is 6.24. The largest absolute Gasteiger partial charge is 0.366 e. The SMILES string of the molecule is NC(=O)c1ccc(C(=O)NNC(=O)c2ccccc2Cl)cc1. The second kappa shape index (κ2) is 6.73. The van der Waals surface area contributed by atoms with E-state index in [1.165, 1.54) is 30.3 Å². The summed E-state index contributed by atoms with van der Waals surface area (Å²) in [7, 11) is 0. The lowest BCUT2D eigenvalue weighted by Crippen LogP contribution is -2.41. The fraction of sp³-hybridized carbons (Fsp3) is 0. The molecule has 2 aromatic carbocycles. The minimum atomic E-state index is -0.584. The van der Waals surface area contributed by atoms with Gasteiger partial charge in [0.25, 0.3) is 11.8 Å². The third-order valence-corrected chi connectivity index (χ3v) is 3.17. The molecular formula is C15H12ClN3O3. The van der Waals surface area contributed by atoms with Crippen LogP contribution >= 0.6 is 11.6 Å². The predicted octanol–water partition coefficient (Wildman–Crippen LogP) is 1.51. The molecule has 2 aromatic rings. The maximum Gasteiger partial charge on any atom is 0.271 e. The van der Waals surface area contributed by atoms with Gasteiger partial charge in [-0.15, -0.1) is 0 Å². The lowest BCUT2D eigenvalue weighted by molar-refractivity contribution is 0.0846. The molecule has 0 heterocycles. The predicted molar refractivity (Wildman–Crippen MR) is 81.3 cm³/mol. The number of hydrazine groups is 1. The molecule has 0 saturated heterocycles. The third-order valence-electron chi connectivity index (χ3n) is 2.84. The number of carbonyl (C=O) groups is 3. The summed E-state index contributed by atoms with van der Waals surface area (Å²) in [4.78, 5) is 34.7. The van der Waals surface area contributed by atoms with Gasteiger partial charge in [-0.05, 0) is 36.4 Å². The maximum atomic E-state index is 11.9. The van der Waals surface area contributed by atoms with E-state index in [2.05, 4.69) is 10.9 Å². The number of nitrogens with two attached hydrogens (primary N) is 1. The van der Waals surface area contributed by atoms with Gasteiger partial charge in [0.15, 0.2) is 0 Å². The van der Waals surface area contributed by atoms with Crippen LogP contribution in [0.1, 0.15) is 31.1 Å². The van der Waals surface area contributed by atoms with Crippen molar-refractivity contribution in [2.45, 2.75) is 0 Å². The van der Waals surface area contributed by atoms with Crippen molar-refractivity contribution in [1.82, 2.24) is 10.9 Å². The molecule has 0 aliphatic carbocycles. The summed E-state index contributed by atoms with van der Waals surface area (Å²) in [5.74, 6) is -1.65. The quantitative estimate of drug-likeness (QED) is 0.748. The molecule has 112 valence electrons. The average Bonchev–Trinajstić information content (AvgIpc) is 2.52. The molecule has 0 aliphatic heterocycles. The van der Waals surface area contributed by atoms with Crippen molar-refractivity contribution in [2.75, 3.05) is 0 Å². The Labute approximate surface area is 131 Å². The van der Waals surface area contributed by atoms with Gasteiger partial charge in [0, 0.05) is 11.1 Å². The summed E-state index contributed by atoms with van der Waals surface area (Å²) < 4.78 is 0. The first kappa shape index (κ1) is 15.5. The van der Waals surface area contributed by atoms with Crippen molar-refractivity contribution in [2.24, 2.45) is 5.73 Å². The number of hydrogen-bond donors (Lipinski definition) is 3. The van der Waals surface area contributed by atoms with Crippen LogP contribution in [0.15, 0.2) is 48.5 Å². The summed E-state index contributed by atoms with van der Waals surface area (Å²) in [5, 5.41) is 0.278. The zero-order chi connectivity index (χ0) is 16.1. The first-order chi connectivity index (χ1) is 10.5. The van der Waals surface area contributed by atoms with Gasteiger partial charge in [-0.1, -0.05) is 23.7 Å². The van der Waals surface area contributed by atoms with Gasteiger partial charge in [-0.25, -0.2) is 0 Å². The minimum Gasteiger partial charge on any atom is -0.366 e. The van der Waals surface area contributed by atoms with E-state index in [1.54, 1.807) is 18.2 Å². The van der Waals surface area contributed by atoms with Crippen molar-refractivity contribution in [1.29, 1.82) is 0 Å². The third kappa shape index (κ3) is 3.62. The Morgan fingerprint density at radius 3 is 1.95 bits per heavy atom. The molecule has 0 radical (unpaired) electrons. The van der Waals surface area contributed by atoms with Gasteiger partial charge in [0.1, 0.15) is 0 Å². The Hall–Kier alpha value is -2.86. The molecular weight excluding hydrogens is 306 g/mol. The second-order valence-corrected chi connectivity index (χ2v) is 4.74. The molecule has 6 nitrogen and oxygen atoms in total. The Morgan fingerprint density at radius 1 is 0.818 bits per heavy atom. The highest BCUT2D eigenvalue weighted by Crippen LogP contribution is 2.14. The monoisotopic (exact) mass is 317 g/mol. The van der Waals surface area contributed by atoms with E-state index in [9.17, 15) is 14.4 Å². The van der Waals surface area contributed by atoms with Gasteiger partial charge in [-0.3, -0.25) is 25.2 Å². The molecule has 3 amide bonds. The number of carbonyl (C=O) groups excluding carboxylic acids is 3. The fourth-order valence-electron chi connectivity index (χ4n) is 1.68. The fourth-order valence-corrected chi connectivity index (χ4v) is 1.91. The Balaban J connectivity index is 1.99. The number of rotatable bonds is 3. The van der Waals surface area contributed by atoms with Crippen molar-refractivity contribution >= 4 is 29.3 Å². The molecule has 0 saturated carbocycles. The normalized spacial score (nSPS) is 9.86. The smallest absolute Gasteiger partial charge is 0.271 e. The molecule has 22 heavy (non-hydrogen) atoms. The Morgan fingerprint density at radius 2 is 1.36 bits per heavy atom. The average molecular weight is 318 g/mol. The summed E-state index contributed by atoms with van der Waals surface area (Å²) in [6.07, 6.45) is 0. The number of hydrogen-bond acceptors (Lipinski definition) is 3. The van der Waals surface area contributed by atoms with Crippen LogP contribution in [0.2, 0.25) is 5.02 Å². The summed E-state index contributed by atoms with van der Waals surface area (Å²) >= 11 is 5.88. The van der Waals surface area contributed by atoms with Crippen LogP contribution in [0.5, 0.6) is 0 Å². The summed E-state index contributed by atoms with van der Waals surface area (Å²) in [6, 6.07) is 12.2. The van der Waals surface area contributed by atoms with E-state index in [0.29, 0.717) is 0 Å². The van der Waals surface area contributed by atoms with Gasteiger partial charge in [0.2, 0.25) is 5.91 Å². The number of benzene rings is 2. The van der Waals surface area contributed by atoms with Crippen molar-refractivity contribution in [3.63, 3.8) is 0 Å². The number of halogens is 1. The van der Waals surface area contributed by atoms with E-state index in [1.807, 2.05) is 0 Å². The van der Waals surface area contributed by atoms with Crippen molar-refractivity contribution in [3.8, 4) is 0 Å². The summed E-state index contributed by atoms with van der Waals surface area (Å²) in [5.41, 5.74) is 10.4. The van der Waals surface area contributed by atoms with Crippen LogP contribution in [0, 0.1) is 0 Å². The summed E-state index contributed by atoms with van der Waals surface area (Å²) in [6.45, 7) is 0. The Kier molecular flexibility index (Phi) is 4.75. The maximum absolute atomic E-state index is 11.9. The molecule has 4 N–H and O–H groups in total. The van der Waals surface area contributed by atoms with Gasteiger partial charge >= 0.3 is 0 Å². The number of primary amides is 1. The second-order valence-electron chi connectivity index (χ2n) is 4.33. The highest BCUT2D eigenvalue weighted by Gasteiger charge is 2.11. The zero-order valence-corrected chi connectivity index (χ0v) is 12.1. The molecule has 0 aliphatic rings. The molecule has 0 unspecified atom stereocenters. The van der Waals surface area contributed by atoms with E-state index < -0.39 is 17.7 Å².